The van der Waals surface area contributed by atoms with Crippen LogP contribution in [0.5, 0.6) is 11.5 Å². The highest BCUT2D eigenvalue weighted by molar-refractivity contribution is 5.82. The summed E-state index contributed by atoms with van der Waals surface area (Å²) >= 11 is 0. The van der Waals surface area contributed by atoms with E-state index in [0.717, 1.165) is 46.0 Å². The number of aromatic amines is 1. The number of nitrogens with zero attached hydrogens (tertiary/aromatic N) is 3. The molecule has 40 heavy (non-hydrogen) atoms. The molecular formula is C24H20F6N4O6. The van der Waals surface area contributed by atoms with E-state index < -0.39 is 24.3 Å². The van der Waals surface area contributed by atoms with Crippen molar-refractivity contribution >= 4 is 23.0 Å². The largest absolute Gasteiger partial charge is 0.490 e. The number of hydrogen-bond acceptors (Lipinski definition) is 6. The molecule has 0 saturated carbocycles. The first-order valence-corrected chi connectivity index (χ1v) is 11.2. The molecule has 0 aliphatic carbocycles. The Balaban J connectivity index is 0.000000263. The van der Waals surface area contributed by atoms with E-state index in [2.05, 4.69) is 33.8 Å². The van der Waals surface area contributed by atoms with Gasteiger partial charge in [-0.1, -0.05) is 18.2 Å². The monoisotopic (exact) mass is 574 g/mol. The lowest BCUT2D eigenvalue weighted by molar-refractivity contribution is -0.193. The second kappa shape index (κ2) is 12.0. The van der Waals surface area contributed by atoms with Crippen molar-refractivity contribution in [1.29, 1.82) is 0 Å². The molecule has 3 N–H and O–H groups in total. The second-order valence-electron chi connectivity index (χ2n) is 7.87. The van der Waals surface area contributed by atoms with Crippen molar-refractivity contribution in [1.82, 2.24) is 19.7 Å². The number of carboxylic acid groups (broad SMARTS) is 2. The Morgan fingerprint density at radius 2 is 1.60 bits per heavy atom. The number of para-hydroxylation sites is 2. The summed E-state index contributed by atoms with van der Waals surface area (Å²) in [5.74, 6) is -3.08. The quantitative estimate of drug-likeness (QED) is 0.283. The Bertz CT molecular complexity index is 1440. The highest BCUT2D eigenvalue weighted by atomic mass is 19.4. The van der Waals surface area contributed by atoms with Crippen LogP contribution in [0.4, 0.5) is 26.3 Å². The van der Waals surface area contributed by atoms with Crippen LogP contribution in [0.15, 0.2) is 54.9 Å². The molecule has 16 heteroatoms. The number of imidazole rings is 1. The molecule has 5 rings (SSSR count). The second-order valence-corrected chi connectivity index (χ2v) is 7.87. The third-order valence-electron chi connectivity index (χ3n) is 5.21. The number of halogens is 6. The molecule has 0 saturated heterocycles. The molecule has 1 unspecified atom stereocenters. The number of aryl methyl sites for hydroxylation is 1. The molecule has 3 heterocycles. The van der Waals surface area contributed by atoms with Crippen molar-refractivity contribution in [2.24, 2.45) is 0 Å². The van der Waals surface area contributed by atoms with Gasteiger partial charge in [0.25, 0.3) is 0 Å². The maximum absolute atomic E-state index is 10.6. The summed E-state index contributed by atoms with van der Waals surface area (Å²) in [6.07, 6.45) is -6.68. The van der Waals surface area contributed by atoms with Crippen LogP contribution in [0.2, 0.25) is 0 Å². The fourth-order valence-electron chi connectivity index (χ4n) is 3.45. The van der Waals surface area contributed by atoms with Crippen LogP contribution < -0.4 is 9.47 Å². The van der Waals surface area contributed by atoms with Gasteiger partial charge in [-0.15, -0.1) is 0 Å². The maximum atomic E-state index is 10.6. The Hall–Kier alpha value is -4.76. The van der Waals surface area contributed by atoms with Crippen molar-refractivity contribution in [2.75, 3.05) is 6.61 Å². The lowest BCUT2D eigenvalue weighted by Crippen LogP contribution is -2.24. The number of nitrogens with one attached hydrogen (secondary N) is 1. The van der Waals surface area contributed by atoms with Gasteiger partial charge in [0.05, 0.1) is 17.2 Å². The Morgan fingerprint density at radius 3 is 2.12 bits per heavy atom. The molecular weight excluding hydrogens is 554 g/mol. The van der Waals surface area contributed by atoms with Crippen molar-refractivity contribution in [3.8, 4) is 22.6 Å². The molecule has 0 amide bonds. The average Bonchev–Trinajstić information content (AvgIpc) is 3.56. The minimum Gasteiger partial charge on any atom is -0.485 e. The zero-order valence-electron chi connectivity index (χ0n) is 20.3. The molecule has 0 bridgehead atoms. The Kier molecular flexibility index (Phi) is 8.91. The molecule has 2 aromatic heterocycles. The van der Waals surface area contributed by atoms with E-state index in [1.807, 2.05) is 42.7 Å². The minimum absolute atomic E-state index is 0.227. The lowest BCUT2D eigenvalue weighted by atomic mass is 10.1. The van der Waals surface area contributed by atoms with Crippen LogP contribution in [0.1, 0.15) is 18.9 Å². The first-order chi connectivity index (χ1) is 18.7. The normalized spacial score (nSPS) is 14.4. The van der Waals surface area contributed by atoms with E-state index in [4.69, 9.17) is 34.3 Å². The van der Waals surface area contributed by atoms with Gasteiger partial charge in [-0.25, -0.2) is 14.6 Å². The first kappa shape index (κ1) is 29.8. The molecule has 1 aliphatic heterocycles. The van der Waals surface area contributed by atoms with Gasteiger partial charge < -0.3 is 24.3 Å². The van der Waals surface area contributed by atoms with E-state index in [-0.39, 0.29) is 6.10 Å². The van der Waals surface area contributed by atoms with Gasteiger partial charge in [0.1, 0.15) is 6.61 Å². The topological polar surface area (TPSA) is 140 Å². The predicted molar refractivity (Wildman–Crippen MR) is 126 cm³/mol. The number of H-pyrrole nitrogens is 1. The van der Waals surface area contributed by atoms with E-state index in [1.54, 1.807) is 0 Å². The molecule has 0 spiro atoms. The van der Waals surface area contributed by atoms with E-state index in [0.29, 0.717) is 6.61 Å². The number of hydrogen-bond donors (Lipinski definition) is 3. The highest BCUT2D eigenvalue weighted by Crippen LogP contribution is 2.36. The van der Waals surface area contributed by atoms with Gasteiger partial charge >= 0.3 is 24.3 Å². The van der Waals surface area contributed by atoms with Crippen LogP contribution in [-0.2, 0) is 16.1 Å². The average molecular weight is 574 g/mol. The smallest absolute Gasteiger partial charge is 0.485 e. The van der Waals surface area contributed by atoms with Crippen molar-refractivity contribution < 1.29 is 55.6 Å². The number of carbonyl (C=O) groups is 2. The molecule has 0 fully saturated rings. The number of alkyl halides is 6. The predicted octanol–water partition coefficient (Wildman–Crippen LogP) is 5.23. The SMILES string of the molecule is CCn1c(C2COc3ccccc3O2)nc2ccc(-c3cn[nH]c3)cc21.O=C(O)C(F)(F)F.O=C(O)C(F)(F)F. The van der Waals surface area contributed by atoms with Gasteiger partial charge in [0, 0.05) is 18.3 Å². The summed E-state index contributed by atoms with van der Waals surface area (Å²) in [4.78, 5) is 22.6. The summed E-state index contributed by atoms with van der Waals surface area (Å²) in [6, 6.07) is 14.0. The Labute approximate surface area is 220 Å². The van der Waals surface area contributed by atoms with E-state index in [1.165, 1.54) is 0 Å². The molecule has 1 aliphatic rings. The Morgan fingerprint density at radius 1 is 1.00 bits per heavy atom. The van der Waals surface area contributed by atoms with Crippen LogP contribution >= 0.6 is 0 Å². The summed E-state index contributed by atoms with van der Waals surface area (Å²) in [7, 11) is 0. The van der Waals surface area contributed by atoms with Gasteiger partial charge in [-0.05, 0) is 36.8 Å². The molecule has 4 aromatic rings. The van der Waals surface area contributed by atoms with Gasteiger partial charge in [0.15, 0.2) is 23.4 Å². The van der Waals surface area contributed by atoms with Crippen molar-refractivity contribution in [3.63, 3.8) is 0 Å². The number of rotatable bonds is 3. The molecule has 0 radical (unpaired) electrons. The molecule has 214 valence electrons. The van der Waals surface area contributed by atoms with Crippen LogP contribution in [-0.4, -0.2) is 60.9 Å². The zero-order valence-corrected chi connectivity index (χ0v) is 20.3. The third-order valence-corrected chi connectivity index (χ3v) is 5.21. The van der Waals surface area contributed by atoms with Crippen molar-refractivity contribution in [2.45, 2.75) is 31.9 Å². The van der Waals surface area contributed by atoms with Gasteiger partial charge in [0.2, 0.25) is 0 Å². The number of fused-ring (bicyclic) bond motifs is 2. The van der Waals surface area contributed by atoms with E-state index in [9.17, 15) is 26.3 Å². The summed E-state index contributed by atoms with van der Waals surface area (Å²) in [5.41, 5.74) is 4.21. The molecule has 2 aromatic carbocycles. The number of ether oxygens (including phenoxy) is 2. The van der Waals surface area contributed by atoms with Crippen LogP contribution in [0.25, 0.3) is 22.2 Å². The van der Waals surface area contributed by atoms with Crippen LogP contribution in [0.3, 0.4) is 0 Å². The third kappa shape index (κ3) is 7.21. The van der Waals surface area contributed by atoms with Crippen LogP contribution in [0, 0.1) is 0 Å². The standard InChI is InChI=1S/C20H18N4O2.2C2HF3O2/c1-2-24-16-9-13(14-10-21-22-11-14)7-8-15(16)23-20(24)19-12-25-17-5-3-4-6-18(17)26-19;2*3-2(4,5)1(6)7/h3-11,19H,2,12H2,1H3,(H,21,22);2*(H,6,7). The van der Waals surface area contributed by atoms with Gasteiger partial charge in [-0.3, -0.25) is 5.10 Å². The van der Waals surface area contributed by atoms with E-state index >= 15 is 0 Å². The number of benzene rings is 2. The zero-order chi connectivity index (χ0) is 29.7. The lowest BCUT2D eigenvalue weighted by Gasteiger charge is -2.26. The maximum Gasteiger partial charge on any atom is 0.490 e. The summed E-state index contributed by atoms with van der Waals surface area (Å²) in [6.45, 7) is 3.38. The fourth-order valence-corrected chi connectivity index (χ4v) is 3.45. The first-order valence-electron chi connectivity index (χ1n) is 11.2. The summed E-state index contributed by atoms with van der Waals surface area (Å²) in [5, 5.41) is 21.1. The fraction of sp³-hybridized carbons (Fsp3) is 0.250. The molecule has 1 atom stereocenters. The number of aromatic nitrogens is 4. The summed E-state index contributed by atoms with van der Waals surface area (Å²) < 4.78 is 77.7. The van der Waals surface area contributed by atoms with Crippen molar-refractivity contribution in [3.05, 3.63) is 60.7 Å². The minimum atomic E-state index is -5.08. The molecule has 10 nitrogen and oxygen atoms in total. The van der Waals surface area contributed by atoms with Gasteiger partial charge in [-0.2, -0.15) is 31.4 Å². The number of carboxylic acids is 2. The number of aliphatic carboxylic acids is 2. The highest BCUT2D eigenvalue weighted by Gasteiger charge is 2.39.